The molecular weight excluding hydrogens is 238 g/mol. The summed E-state index contributed by atoms with van der Waals surface area (Å²) in [6, 6.07) is 3.99. The molecule has 0 amide bonds. The van der Waals surface area contributed by atoms with Crippen molar-refractivity contribution < 1.29 is 19.9 Å². The molecule has 0 heterocycles. The number of halogens is 1. The molecule has 0 aliphatic heterocycles. The predicted molar refractivity (Wildman–Crippen MR) is 55.5 cm³/mol. The van der Waals surface area contributed by atoms with Crippen LogP contribution in [0.5, 0.6) is 0 Å². The van der Waals surface area contributed by atoms with Crippen molar-refractivity contribution in [3.8, 4) is 0 Å². The third-order valence-electron chi connectivity index (χ3n) is 1.97. The van der Waals surface area contributed by atoms with Crippen molar-refractivity contribution in [1.82, 2.24) is 0 Å². The maximum atomic E-state index is 10.6. The van der Waals surface area contributed by atoms with Crippen molar-refractivity contribution in [1.29, 1.82) is 0 Å². The van der Waals surface area contributed by atoms with Crippen molar-refractivity contribution in [3.63, 3.8) is 0 Å². The van der Waals surface area contributed by atoms with E-state index in [2.05, 4.69) is 0 Å². The van der Waals surface area contributed by atoms with Gasteiger partial charge in [0.2, 0.25) is 0 Å². The van der Waals surface area contributed by atoms with Crippen LogP contribution in [-0.4, -0.2) is 27.2 Å². The molecule has 0 fully saturated rings. The van der Waals surface area contributed by atoms with Crippen LogP contribution in [0.1, 0.15) is 5.56 Å². The summed E-state index contributed by atoms with van der Waals surface area (Å²) in [6.07, 6.45) is -2.11. The average Bonchev–Trinajstić information content (AvgIpc) is 2.20. The van der Waals surface area contributed by atoms with Crippen LogP contribution in [0.2, 0.25) is 5.02 Å². The number of carboxylic acids is 1. The number of aliphatic carboxylic acids is 1. The van der Waals surface area contributed by atoms with E-state index < -0.39 is 23.4 Å². The van der Waals surface area contributed by atoms with E-state index in [0.29, 0.717) is 0 Å². The molecule has 0 aromatic heterocycles. The van der Waals surface area contributed by atoms with Gasteiger partial charge in [0.15, 0.2) is 6.10 Å². The molecule has 0 bridgehead atoms. The van der Waals surface area contributed by atoms with Crippen LogP contribution in [0.4, 0.5) is 5.69 Å². The zero-order chi connectivity index (χ0) is 12.3. The van der Waals surface area contributed by atoms with Crippen molar-refractivity contribution in [3.05, 3.63) is 38.9 Å². The lowest BCUT2D eigenvalue weighted by molar-refractivity contribution is -0.385. The van der Waals surface area contributed by atoms with E-state index in [9.17, 15) is 14.9 Å². The van der Waals surface area contributed by atoms with Crippen molar-refractivity contribution in [2.24, 2.45) is 0 Å². The van der Waals surface area contributed by atoms with Crippen LogP contribution in [0, 0.1) is 10.1 Å². The summed E-state index contributed by atoms with van der Waals surface area (Å²) in [6.45, 7) is 0. The topological polar surface area (TPSA) is 101 Å². The summed E-state index contributed by atoms with van der Waals surface area (Å²) in [5, 5.41) is 28.3. The van der Waals surface area contributed by atoms with Crippen LogP contribution in [-0.2, 0) is 11.2 Å². The zero-order valence-corrected chi connectivity index (χ0v) is 8.72. The average molecular weight is 246 g/mol. The van der Waals surface area contributed by atoms with E-state index in [1.807, 2.05) is 0 Å². The summed E-state index contributed by atoms with van der Waals surface area (Å²) in [4.78, 5) is 20.4. The highest BCUT2D eigenvalue weighted by molar-refractivity contribution is 6.31. The normalized spacial score (nSPS) is 12.1. The van der Waals surface area contributed by atoms with E-state index >= 15 is 0 Å². The zero-order valence-electron chi connectivity index (χ0n) is 7.96. The molecule has 16 heavy (non-hydrogen) atoms. The maximum Gasteiger partial charge on any atom is 0.332 e. The highest BCUT2D eigenvalue weighted by atomic mass is 35.5. The summed E-state index contributed by atoms with van der Waals surface area (Å²) in [5.74, 6) is -1.45. The Morgan fingerprint density at radius 2 is 2.19 bits per heavy atom. The van der Waals surface area contributed by atoms with Crippen molar-refractivity contribution >= 4 is 23.3 Å². The van der Waals surface area contributed by atoms with Crippen molar-refractivity contribution in [2.45, 2.75) is 12.5 Å². The van der Waals surface area contributed by atoms with Crippen LogP contribution >= 0.6 is 11.6 Å². The number of nitrogens with zero attached hydrogens (tertiary/aromatic N) is 1. The molecule has 0 saturated heterocycles. The molecule has 0 saturated carbocycles. The molecule has 1 unspecified atom stereocenters. The molecule has 7 heteroatoms. The molecule has 1 atom stereocenters. The van der Waals surface area contributed by atoms with Gasteiger partial charge in [0.05, 0.1) is 15.5 Å². The minimum atomic E-state index is -1.71. The summed E-state index contributed by atoms with van der Waals surface area (Å²) >= 11 is 5.71. The SMILES string of the molecule is O=C(O)C(O)Cc1c(Cl)cccc1[N+](=O)[O-]. The first-order chi connectivity index (χ1) is 7.43. The molecule has 0 radical (unpaired) electrons. The van der Waals surface area contributed by atoms with Gasteiger partial charge in [-0.25, -0.2) is 4.79 Å². The fourth-order valence-corrected chi connectivity index (χ4v) is 1.45. The number of carbonyl (C=O) groups is 1. The Labute approximate surface area is 95.2 Å². The lowest BCUT2D eigenvalue weighted by atomic mass is 10.1. The number of aliphatic hydroxyl groups excluding tert-OH is 1. The number of nitro groups is 1. The smallest absolute Gasteiger partial charge is 0.332 e. The van der Waals surface area contributed by atoms with Crippen LogP contribution in [0.15, 0.2) is 18.2 Å². The molecule has 0 aliphatic carbocycles. The maximum absolute atomic E-state index is 10.6. The lowest BCUT2D eigenvalue weighted by Gasteiger charge is -2.07. The van der Waals surface area contributed by atoms with Gasteiger partial charge in [-0.3, -0.25) is 10.1 Å². The first-order valence-corrected chi connectivity index (χ1v) is 4.64. The largest absolute Gasteiger partial charge is 0.479 e. The third kappa shape index (κ3) is 2.68. The Kier molecular flexibility index (Phi) is 3.81. The molecule has 0 aliphatic rings. The van der Waals surface area contributed by atoms with Gasteiger partial charge in [0.25, 0.3) is 5.69 Å². The molecule has 86 valence electrons. The summed E-state index contributed by atoms with van der Waals surface area (Å²) in [5.41, 5.74) is -0.281. The molecule has 6 nitrogen and oxygen atoms in total. The molecule has 1 aromatic carbocycles. The van der Waals surface area contributed by atoms with Gasteiger partial charge < -0.3 is 10.2 Å². The number of nitro benzene ring substituents is 1. The fourth-order valence-electron chi connectivity index (χ4n) is 1.20. The second kappa shape index (κ2) is 4.91. The Hall–Kier alpha value is -1.66. The number of carboxylic acid groups (broad SMARTS) is 1. The fraction of sp³-hybridized carbons (Fsp3) is 0.222. The van der Waals surface area contributed by atoms with E-state index in [1.54, 1.807) is 0 Å². The van der Waals surface area contributed by atoms with Crippen molar-refractivity contribution in [2.75, 3.05) is 0 Å². The van der Waals surface area contributed by atoms with E-state index in [4.69, 9.17) is 21.8 Å². The molecule has 1 aromatic rings. The first-order valence-electron chi connectivity index (χ1n) is 4.26. The van der Waals surface area contributed by atoms with Crippen LogP contribution < -0.4 is 0 Å². The lowest BCUT2D eigenvalue weighted by Crippen LogP contribution is -2.22. The quantitative estimate of drug-likeness (QED) is 0.614. The molecule has 0 spiro atoms. The minimum Gasteiger partial charge on any atom is -0.479 e. The van der Waals surface area contributed by atoms with Gasteiger partial charge in [0, 0.05) is 12.5 Å². The summed E-state index contributed by atoms with van der Waals surface area (Å²) in [7, 11) is 0. The second-order valence-corrected chi connectivity index (χ2v) is 3.46. The highest BCUT2D eigenvalue weighted by Gasteiger charge is 2.22. The predicted octanol–water partition coefficient (Wildman–Crippen LogP) is 1.24. The van der Waals surface area contributed by atoms with E-state index in [1.165, 1.54) is 18.2 Å². The van der Waals surface area contributed by atoms with E-state index in [-0.39, 0.29) is 16.3 Å². The number of hydrogen-bond donors (Lipinski definition) is 2. The number of rotatable bonds is 4. The van der Waals surface area contributed by atoms with Gasteiger partial charge in [-0.2, -0.15) is 0 Å². The minimum absolute atomic E-state index is 0.0177. The van der Waals surface area contributed by atoms with Crippen LogP contribution in [0.25, 0.3) is 0 Å². The van der Waals surface area contributed by atoms with Gasteiger partial charge in [-0.1, -0.05) is 17.7 Å². The van der Waals surface area contributed by atoms with E-state index in [0.717, 1.165) is 0 Å². The molecule has 1 rings (SSSR count). The first kappa shape index (κ1) is 12.4. The highest BCUT2D eigenvalue weighted by Crippen LogP contribution is 2.27. The van der Waals surface area contributed by atoms with Crippen LogP contribution in [0.3, 0.4) is 0 Å². The van der Waals surface area contributed by atoms with Gasteiger partial charge >= 0.3 is 5.97 Å². The van der Waals surface area contributed by atoms with Gasteiger partial charge in [-0.05, 0) is 6.07 Å². The number of hydrogen-bond acceptors (Lipinski definition) is 4. The molecule has 2 N–H and O–H groups in total. The van der Waals surface area contributed by atoms with Gasteiger partial charge in [-0.15, -0.1) is 0 Å². The number of benzene rings is 1. The third-order valence-corrected chi connectivity index (χ3v) is 2.33. The Morgan fingerprint density at radius 3 is 2.69 bits per heavy atom. The molecular formula is C9H8ClNO5. The second-order valence-electron chi connectivity index (χ2n) is 3.05. The Bertz CT molecular complexity index is 434. The number of aliphatic hydroxyl groups is 1. The monoisotopic (exact) mass is 245 g/mol. The standard InChI is InChI=1S/C9H8ClNO5/c10-6-2-1-3-7(11(15)16)5(6)4-8(12)9(13)14/h1-3,8,12H,4H2,(H,13,14). The summed E-state index contributed by atoms with van der Waals surface area (Å²) < 4.78 is 0. The van der Waals surface area contributed by atoms with Gasteiger partial charge in [0.1, 0.15) is 0 Å². The Morgan fingerprint density at radius 1 is 1.56 bits per heavy atom. The Balaban J connectivity index is 3.11.